The molecule has 1 aromatic heterocycles. The van der Waals surface area contributed by atoms with Gasteiger partial charge in [0.2, 0.25) is 0 Å². The molecule has 1 unspecified atom stereocenters. The molecule has 21 heavy (non-hydrogen) atoms. The number of aromatic nitrogens is 2. The smallest absolute Gasteiger partial charge is 0.112 e. The van der Waals surface area contributed by atoms with Crippen molar-refractivity contribution in [2.45, 2.75) is 64.0 Å². The van der Waals surface area contributed by atoms with E-state index in [1.54, 1.807) is 0 Å². The number of ether oxygens (including phenoxy) is 1. The lowest BCUT2D eigenvalue weighted by molar-refractivity contribution is 0.0476. The van der Waals surface area contributed by atoms with E-state index in [-0.39, 0.29) is 0 Å². The van der Waals surface area contributed by atoms with E-state index in [0.717, 1.165) is 39.3 Å². The molecule has 1 saturated carbocycles. The quantitative estimate of drug-likeness (QED) is 0.929. The Labute approximate surface area is 127 Å². The van der Waals surface area contributed by atoms with Crippen LogP contribution in [-0.2, 0) is 24.2 Å². The highest BCUT2D eigenvalue weighted by Gasteiger charge is 2.28. The van der Waals surface area contributed by atoms with Gasteiger partial charge in [-0.25, -0.2) is 4.98 Å². The molecule has 4 heteroatoms. The minimum Gasteiger partial charge on any atom is -0.381 e. The molecule has 4 nitrogen and oxygen atoms in total. The van der Waals surface area contributed by atoms with Crippen molar-refractivity contribution in [2.75, 3.05) is 19.8 Å². The van der Waals surface area contributed by atoms with Gasteiger partial charge in [-0.1, -0.05) is 12.8 Å². The van der Waals surface area contributed by atoms with Gasteiger partial charge in [0.15, 0.2) is 0 Å². The Bertz CT molecular complexity index is 484. The number of rotatable bonds is 3. The molecule has 3 aliphatic rings. The fourth-order valence-electron chi connectivity index (χ4n) is 4.30. The molecule has 0 spiro atoms. The second-order valence-corrected chi connectivity index (χ2v) is 6.97. The van der Waals surface area contributed by atoms with E-state index < -0.39 is 0 Å². The van der Waals surface area contributed by atoms with E-state index >= 15 is 0 Å². The number of hydrogen-bond donors (Lipinski definition) is 1. The molecule has 4 rings (SSSR count). The Morgan fingerprint density at radius 3 is 2.90 bits per heavy atom. The van der Waals surface area contributed by atoms with E-state index in [9.17, 15) is 0 Å². The van der Waals surface area contributed by atoms with Gasteiger partial charge in [0.05, 0.1) is 12.3 Å². The van der Waals surface area contributed by atoms with E-state index in [1.807, 2.05) is 0 Å². The van der Waals surface area contributed by atoms with Crippen LogP contribution in [0, 0.1) is 5.92 Å². The van der Waals surface area contributed by atoms with E-state index in [2.05, 4.69) is 9.88 Å². The number of fused-ring (bicyclic) bond motifs is 1. The average Bonchev–Trinajstić information content (AvgIpc) is 3.16. The summed E-state index contributed by atoms with van der Waals surface area (Å²) in [6.07, 6.45) is 9.12. The van der Waals surface area contributed by atoms with Crippen molar-refractivity contribution >= 4 is 0 Å². The second-order valence-electron chi connectivity index (χ2n) is 6.97. The summed E-state index contributed by atoms with van der Waals surface area (Å²) < 4.78 is 8.30. The van der Waals surface area contributed by atoms with Gasteiger partial charge in [0.25, 0.3) is 0 Å². The molecule has 0 amide bonds. The molecule has 1 atom stereocenters. The standard InChI is InChI=1S/C17H27N3O/c1-2-6-14(5-1)17-19-15-10-18-8-7-16(15)20(17)11-13-4-3-9-21-12-13/h13-14,18H,1-12H2. The summed E-state index contributed by atoms with van der Waals surface area (Å²) in [5.41, 5.74) is 2.83. The Balaban J connectivity index is 1.63. The second kappa shape index (κ2) is 6.09. The average molecular weight is 289 g/mol. The van der Waals surface area contributed by atoms with Gasteiger partial charge in [-0.05, 0) is 25.7 Å². The Kier molecular flexibility index (Phi) is 3.99. The van der Waals surface area contributed by atoms with Crippen molar-refractivity contribution in [1.29, 1.82) is 0 Å². The first-order valence-electron chi connectivity index (χ1n) is 8.78. The third-order valence-electron chi connectivity index (χ3n) is 5.43. The van der Waals surface area contributed by atoms with Crippen LogP contribution in [0.5, 0.6) is 0 Å². The third-order valence-corrected chi connectivity index (χ3v) is 5.43. The fraction of sp³-hybridized carbons (Fsp3) is 0.824. The molecule has 1 N–H and O–H groups in total. The van der Waals surface area contributed by atoms with Gasteiger partial charge in [0, 0.05) is 50.2 Å². The van der Waals surface area contributed by atoms with E-state index in [1.165, 1.54) is 55.7 Å². The lowest BCUT2D eigenvalue weighted by atomic mass is 10.0. The maximum Gasteiger partial charge on any atom is 0.112 e. The van der Waals surface area contributed by atoms with Crippen LogP contribution in [0.15, 0.2) is 0 Å². The van der Waals surface area contributed by atoms with Crippen LogP contribution in [0.2, 0.25) is 0 Å². The molecule has 1 aliphatic carbocycles. The van der Waals surface area contributed by atoms with Crippen LogP contribution in [0.3, 0.4) is 0 Å². The molecule has 0 aromatic carbocycles. The van der Waals surface area contributed by atoms with Gasteiger partial charge in [-0.3, -0.25) is 0 Å². The molecule has 2 aliphatic heterocycles. The van der Waals surface area contributed by atoms with Gasteiger partial charge in [0.1, 0.15) is 5.82 Å². The van der Waals surface area contributed by atoms with E-state index in [0.29, 0.717) is 11.8 Å². The maximum absolute atomic E-state index is 5.69. The topological polar surface area (TPSA) is 39.1 Å². The minimum absolute atomic E-state index is 0.687. The Morgan fingerprint density at radius 2 is 2.10 bits per heavy atom. The number of nitrogens with one attached hydrogen (secondary N) is 1. The molecule has 0 bridgehead atoms. The first-order chi connectivity index (χ1) is 10.4. The normalized spacial score (nSPS) is 27.0. The molecule has 0 radical (unpaired) electrons. The first-order valence-corrected chi connectivity index (χ1v) is 8.78. The molecule has 116 valence electrons. The van der Waals surface area contributed by atoms with Gasteiger partial charge >= 0.3 is 0 Å². The van der Waals surface area contributed by atoms with Crippen molar-refractivity contribution in [3.8, 4) is 0 Å². The van der Waals surface area contributed by atoms with Crippen LogP contribution in [0.1, 0.15) is 61.7 Å². The van der Waals surface area contributed by atoms with Crippen LogP contribution in [0.25, 0.3) is 0 Å². The van der Waals surface area contributed by atoms with Crippen molar-refractivity contribution in [1.82, 2.24) is 14.9 Å². The SMILES string of the molecule is C1COCC(Cn2c(C3CCCC3)nc3c2CCNC3)C1. The van der Waals surface area contributed by atoms with Gasteiger partial charge in [-0.15, -0.1) is 0 Å². The summed E-state index contributed by atoms with van der Waals surface area (Å²) >= 11 is 0. The highest BCUT2D eigenvalue weighted by molar-refractivity contribution is 5.22. The fourth-order valence-corrected chi connectivity index (χ4v) is 4.30. The van der Waals surface area contributed by atoms with Gasteiger partial charge < -0.3 is 14.6 Å². The zero-order valence-corrected chi connectivity index (χ0v) is 12.9. The Morgan fingerprint density at radius 1 is 1.19 bits per heavy atom. The third kappa shape index (κ3) is 2.76. The molecule has 1 saturated heterocycles. The van der Waals surface area contributed by atoms with Crippen molar-refractivity contribution in [3.63, 3.8) is 0 Å². The predicted molar refractivity (Wildman–Crippen MR) is 82.4 cm³/mol. The van der Waals surface area contributed by atoms with Crippen molar-refractivity contribution in [3.05, 3.63) is 17.2 Å². The van der Waals surface area contributed by atoms with Gasteiger partial charge in [-0.2, -0.15) is 0 Å². The number of nitrogens with zero attached hydrogens (tertiary/aromatic N) is 2. The molecule has 2 fully saturated rings. The largest absolute Gasteiger partial charge is 0.381 e. The summed E-state index contributed by atoms with van der Waals surface area (Å²) in [5, 5.41) is 3.48. The summed E-state index contributed by atoms with van der Waals surface area (Å²) in [6.45, 7) is 5.09. The predicted octanol–water partition coefficient (Wildman–Crippen LogP) is 2.61. The summed E-state index contributed by atoms with van der Waals surface area (Å²) in [4.78, 5) is 5.06. The summed E-state index contributed by atoms with van der Waals surface area (Å²) in [7, 11) is 0. The first kappa shape index (κ1) is 13.8. The number of imidazole rings is 1. The van der Waals surface area contributed by atoms with Crippen molar-refractivity contribution < 1.29 is 4.74 Å². The highest BCUT2D eigenvalue weighted by Crippen LogP contribution is 2.35. The molecule has 1 aromatic rings. The summed E-state index contributed by atoms with van der Waals surface area (Å²) in [6, 6.07) is 0. The van der Waals surface area contributed by atoms with Crippen LogP contribution in [-0.4, -0.2) is 29.3 Å². The van der Waals surface area contributed by atoms with E-state index in [4.69, 9.17) is 9.72 Å². The highest BCUT2D eigenvalue weighted by atomic mass is 16.5. The maximum atomic E-state index is 5.69. The van der Waals surface area contributed by atoms with Crippen LogP contribution < -0.4 is 5.32 Å². The zero-order chi connectivity index (χ0) is 14.1. The molecule has 3 heterocycles. The monoisotopic (exact) mass is 289 g/mol. The van der Waals surface area contributed by atoms with Crippen molar-refractivity contribution in [2.24, 2.45) is 5.92 Å². The van der Waals surface area contributed by atoms with Crippen LogP contribution in [0.4, 0.5) is 0 Å². The lowest BCUT2D eigenvalue weighted by Crippen LogP contribution is -2.28. The Hall–Kier alpha value is -0.870. The zero-order valence-electron chi connectivity index (χ0n) is 12.9. The number of hydrogen-bond acceptors (Lipinski definition) is 3. The lowest BCUT2D eigenvalue weighted by Gasteiger charge is -2.26. The van der Waals surface area contributed by atoms with Crippen LogP contribution >= 0.6 is 0 Å². The summed E-state index contributed by atoms with van der Waals surface area (Å²) in [5.74, 6) is 2.79. The minimum atomic E-state index is 0.687. The molecular weight excluding hydrogens is 262 g/mol. The molecular formula is C17H27N3O.